The van der Waals surface area contributed by atoms with E-state index in [2.05, 4.69) is 16.0 Å². The van der Waals surface area contributed by atoms with E-state index in [9.17, 15) is 9.59 Å². The molecule has 23 heavy (non-hydrogen) atoms. The highest BCUT2D eigenvalue weighted by atomic mass is 16.5. The van der Waals surface area contributed by atoms with Crippen molar-refractivity contribution in [1.82, 2.24) is 10.6 Å². The number of amides is 3. The Labute approximate surface area is 135 Å². The molecule has 0 atom stereocenters. The number of urea groups is 1. The second kappa shape index (κ2) is 7.71. The Morgan fingerprint density at radius 1 is 1.30 bits per heavy atom. The van der Waals surface area contributed by atoms with E-state index in [1.54, 1.807) is 25.3 Å². The Morgan fingerprint density at radius 2 is 2.04 bits per heavy atom. The SMILES string of the molecule is COc1ccc(OC(C)C)c(NC(=O)NCC(=O)NC2CC2)c1. The van der Waals surface area contributed by atoms with Crippen molar-refractivity contribution in [1.29, 1.82) is 0 Å². The minimum absolute atomic E-state index is 0.0312. The third kappa shape index (κ3) is 5.69. The molecule has 0 aromatic heterocycles. The van der Waals surface area contributed by atoms with Crippen molar-refractivity contribution in [2.24, 2.45) is 0 Å². The summed E-state index contributed by atoms with van der Waals surface area (Å²) < 4.78 is 10.8. The first-order valence-corrected chi connectivity index (χ1v) is 7.67. The number of hydrogen-bond acceptors (Lipinski definition) is 4. The number of hydrogen-bond donors (Lipinski definition) is 3. The van der Waals surface area contributed by atoms with Gasteiger partial charge in [-0.3, -0.25) is 4.79 Å². The summed E-state index contributed by atoms with van der Waals surface area (Å²) in [6.45, 7) is 3.74. The van der Waals surface area contributed by atoms with Crippen LogP contribution >= 0.6 is 0 Å². The quantitative estimate of drug-likeness (QED) is 0.715. The van der Waals surface area contributed by atoms with Crippen LogP contribution < -0.4 is 25.4 Å². The van der Waals surface area contributed by atoms with Gasteiger partial charge in [0.2, 0.25) is 5.91 Å². The van der Waals surface area contributed by atoms with Gasteiger partial charge in [-0.2, -0.15) is 0 Å². The minimum Gasteiger partial charge on any atom is -0.497 e. The molecule has 7 heteroatoms. The van der Waals surface area contributed by atoms with Gasteiger partial charge in [0.25, 0.3) is 0 Å². The molecule has 0 unspecified atom stereocenters. The van der Waals surface area contributed by atoms with Crippen molar-refractivity contribution in [2.45, 2.75) is 38.8 Å². The normalized spacial score (nSPS) is 13.4. The Morgan fingerprint density at radius 3 is 2.65 bits per heavy atom. The Kier molecular flexibility index (Phi) is 5.67. The van der Waals surface area contributed by atoms with Gasteiger partial charge in [0, 0.05) is 12.1 Å². The molecule has 1 saturated carbocycles. The molecule has 3 N–H and O–H groups in total. The molecule has 0 radical (unpaired) electrons. The summed E-state index contributed by atoms with van der Waals surface area (Å²) in [5.74, 6) is 0.952. The van der Waals surface area contributed by atoms with Gasteiger partial charge in [0.05, 0.1) is 25.4 Å². The average Bonchev–Trinajstić information content (AvgIpc) is 3.30. The van der Waals surface area contributed by atoms with Gasteiger partial charge >= 0.3 is 6.03 Å². The Balaban J connectivity index is 1.93. The van der Waals surface area contributed by atoms with Gasteiger partial charge in [-0.05, 0) is 38.8 Å². The number of benzene rings is 1. The maximum Gasteiger partial charge on any atom is 0.319 e. The molecule has 1 aliphatic rings. The molecule has 0 aliphatic heterocycles. The van der Waals surface area contributed by atoms with Gasteiger partial charge in [-0.15, -0.1) is 0 Å². The molecule has 2 rings (SSSR count). The maximum absolute atomic E-state index is 12.0. The molecule has 0 saturated heterocycles. The summed E-state index contributed by atoms with van der Waals surface area (Å²) in [6, 6.07) is 4.95. The van der Waals surface area contributed by atoms with E-state index in [0.29, 0.717) is 17.2 Å². The lowest BCUT2D eigenvalue weighted by atomic mass is 10.2. The number of rotatable bonds is 7. The third-order valence-corrected chi connectivity index (χ3v) is 3.15. The van der Waals surface area contributed by atoms with Crippen LogP contribution in [0.3, 0.4) is 0 Å². The zero-order chi connectivity index (χ0) is 16.8. The van der Waals surface area contributed by atoms with Crippen LogP contribution in [-0.4, -0.2) is 37.7 Å². The van der Waals surface area contributed by atoms with Gasteiger partial charge in [0.15, 0.2) is 0 Å². The summed E-state index contributed by atoms with van der Waals surface area (Å²) in [7, 11) is 1.55. The molecule has 1 aromatic rings. The molecule has 126 valence electrons. The van der Waals surface area contributed by atoms with Crippen molar-refractivity contribution >= 4 is 17.6 Å². The number of carbonyl (C=O) groups excluding carboxylic acids is 2. The van der Waals surface area contributed by atoms with Gasteiger partial charge in [0.1, 0.15) is 11.5 Å². The second-order valence-electron chi connectivity index (χ2n) is 5.68. The van der Waals surface area contributed by atoms with Crippen LogP contribution in [0.4, 0.5) is 10.5 Å². The lowest BCUT2D eigenvalue weighted by Crippen LogP contribution is -2.39. The van der Waals surface area contributed by atoms with Crippen molar-refractivity contribution in [3.05, 3.63) is 18.2 Å². The van der Waals surface area contributed by atoms with Crippen molar-refractivity contribution in [2.75, 3.05) is 19.0 Å². The van der Waals surface area contributed by atoms with Crippen molar-refractivity contribution < 1.29 is 19.1 Å². The summed E-state index contributed by atoms with van der Waals surface area (Å²) in [6.07, 6.45) is 1.99. The molecule has 0 bridgehead atoms. The highest BCUT2D eigenvalue weighted by Gasteiger charge is 2.23. The Bertz CT molecular complexity index is 570. The van der Waals surface area contributed by atoms with E-state index in [4.69, 9.17) is 9.47 Å². The second-order valence-corrected chi connectivity index (χ2v) is 5.68. The number of ether oxygens (including phenoxy) is 2. The lowest BCUT2D eigenvalue weighted by molar-refractivity contribution is -0.120. The minimum atomic E-state index is -0.474. The summed E-state index contributed by atoms with van der Waals surface area (Å²) in [5.41, 5.74) is 0.484. The molecular weight excluding hydrogens is 298 g/mol. The highest BCUT2D eigenvalue weighted by molar-refractivity contribution is 5.93. The topological polar surface area (TPSA) is 88.7 Å². The van der Waals surface area contributed by atoms with E-state index < -0.39 is 6.03 Å². The van der Waals surface area contributed by atoms with Gasteiger partial charge in [-0.1, -0.05) is 0 Å². The van der Waals surface area contributed by atoms with E-state index in [1.807, 2.05) is 13.8 Å². The predicted octanol–water partition coefficient (Wildman–Crippen LogP) is 1.88. The fraction of sp³-hybridized carbons (Fsp3) is 0.500. The van der Waals surface area contributed by atoms with Crippen LogP contribution in [0, 0.1) is 0 Å². The lowest BCUT2D eigenvalue weighted by Gasteiger charge is -2.16. The monoisotopic (exact) mass is 321 g/mol. The number of nitrogens with one attached hydrogen (secondary N) is 3. The first-order chi connectivity index (χ1) is 11.0. The van der Waals surface area contributed by atoms with E-state index in [0.717, 1.165) is 12.8 Å². The fourth-order valence-electron chi connectivity index (χ4n) is 1.92. The number of carbonyl (C=O) groups is 2. The van der Waals surface area contributed by atoms with Crippen LogP contribution in [0.25, 0.3) is 0 Å². The van der Waals surface area contributed by atoms with Gasteiger partial charge < -0.3 is 25.4 Å². The zero-order valence-electron chi connectivity index (χ0n) is 13.6. The van der Waals surface area contributed by atoms with Crippen molar-refractivity contribution in [3.8, 4) is 11.5 Å². The first kappa shape index (κ1) is 16.9. The average molecular weight is 321 g/mol. The highest BCUT2D eigenvalue weighted by Crippen LogP contribution is 2.29. The molecule has 0 spiro atoms. The van der Waals surface area contributed by atoms with E-state index in [-0.39, 0.29) is 24.6 Å². The largest absolute Gasteiger partial charge is 0.497 e. The van der Waals surface area contributed by atoms with Crippen molar-refractivity contribution in [3.63, 3.8) is 0 Å². The molecule has 3 amide bonds. The molecule has 1 fully saturated rings. The van der Waals surface area contributed by atoms with E-state index in [1.165, 1.54) is 0 Å². The zero-order valence-corrected chi connectivity index (χ0v) is 13.6. The Hall–Kier alpha value is -2.44. The first-order valence-electron chi connectivity index (χ1n) is 7.67. The van der Waals surface area contributed by atoms with Gasteiger partial charge in [-0.25, -0.2) is 4.79 Å². The van der Waals surface area contributed by atoms with Crippen LogP contribution in [0.15, 0.2) is 18.2 Å². The summed E-state index contributed by atoms with van der Waals surface area (Å²) >= 11 is 0. The maximum atomic E-state index is 12.0. The van der Waals surface area contributed by atoms with Crippen LogP contribution in [-0.2, 0) is 4.79 Å². The standard InChI is InChI=1S/C16H23N3O4/c1-10(2)23-14-7-6-12(22-3)8-13(14)19-16(21)17-9-15(20)18-11-4-5-11/h6-8,10-11H,4-5,9H2,1-3H3,(H,18,20)(H2,17,19,21). The fourth-order valence-corrected chi connectivity index (χ4v) is 1.92. The number of methoxy groups -OCH3 is 1. The van der Waals surface area contributed by atoms with Crippen LogP contribution in [0.5, 0.6) is 11.5 Å². The molecule has 1 aromatic carbocycles. The summed E-state index contributed by atoms with van der Waals surface area (Å²) in [4.78, 5) is 23.5. The summed E-state index contributed by atoms with van der Waals surface area (Å²) in [5, 5.41) is 8.01. The molecule has 0 heterocycles. The molecular formula is C16H23N3O4. The molecule has 7 nitrogen and oxygen atoms in total. The smallest absolute Gasteiger partial charge is 0.319 e. The van der Waals surface area contributed by atoms with E-state index >= 15 is 0 Å². The van der Waals surface area contributed by atoms with Crippen LogP contribution in [0.2, 0.25) is 0 Å². The molecule has 1 aliphatic carbocycles. The van der Waals surface area contributed by atoms with Crippen LogP contribution in [0.1, 0.15) is 26.7 Å². The third-order valence-electron chi connectivity index (χ3n) is 3.15. The number of anilines is 1. The predicted molar refractivity (Wildman–Crippen MR) is 86.9 cm³/mol.